The summed E-state index contributed by atoms with van der Waals surface area (Å²) in [6.45, 7) is 4.05. The molecule has 2 N–H and O–H groups in total. The Morgan fingerprint density at radius 2 is 2.07 bits per heavy atom. The second kappa shape index (κ2) is 13.1. The zero-order valence-electron chi connectivity index (χ0n) is 16.6. The summed E-state index contributed by atoms with van der Waals surface area (Å²) in [7, 11) is 3.43. The molecule has 0 bridgehead atoms. The van der Waals surface area contributed by atoms with E-state index in [0.29, 0.717) is 24.1 Å². The Bertz CT molecular complexity index is 622. The van der Waals surface area contributed by atoms with Crippen LogP contribution in [-0.2, 0) is 9.53 Å². The molecule has 2 rings (SSSR count). The Morgan fingerprint density at radius 3 is 2.68 bits per heavy atom. The minimum Gasteiger partial charge on any atom is -0.489 e. The van der Waals surface area contributed by atoms with Crippen LogP contribution in [0.4, 0.5) is 0 Å². The van der Waals surface area contributed by atoms with Gasteiger partial charge in [0.1, 0.15) is 18.4 Å². The van der Waals surface area contributed by atoms with E-state index in [0.717, 1.165) is 25.2 Å². The van der Waals surface area contributed by atoms with Gasteiger partial charge in [-0.1, -0.05) is 11.6 Å². The van der Waals surface area contributed by atoms with Crippen LogP contribution >= 0.6 is 35.6 Å². The molecule has 1 saturated heterocycles. The summed E-state index contributed by atoms with van der Waals surface area (Å²) in [5.41, 5.74) is 0. The number of aliphatic imine (C=N–C) groups is 1. The summed E-state index contributed by atoms with van der Waals surface area (Å²) in [6, 6.07) is 7.25. The van der Waals surface area contributed by atoms with E-state index < -0.39 is 0 Å². The molecule has 0 aromatic heterocycles. The van der Waals surface area contributed by atoms with Gasteiger partial charge in [0.2, 0.25) is 5.91 Å². The lowest BCUT2D eigenvalue weighted by molar-refractivity contribution is -0.127. The topological polar surface area (TPSA) is 75.2 Å². The number of carbonyl (C=O) groups is 1. The van der Waals surface area contributed by atoms with Crippen LogP contribution in [0.25, 0.3) is 0 Å². The number of halogens is 2. The predicted molar refractivity (Wildman–Crippen MR) is 123 cm³/mol. The molecular weight excluding hydrogens is 495 g/mol. The van der Waals surface area contributed by atoms with Crippen LogP contribution in [0.5, 0.6) is 5.75 Å². The van der Waals surface area contributed by atoms with E-state index in [9.17, 15) is 4.79 Å². The number of amides is 1. The molecule has 0 saturated carbocycles. The van der Waals surface area contributed by atoms with Crippen molar-refractivity contribution in [3.05, 3.63) is 29.3 Å². The molecule has 0 spiro atoms. The molecule has 1 fully saturated rings. The van der Waals surface area contributed by atoms with Crippen LogP contribution in [0.2, 0.25) is 5.02 Å². The van der Waals surface area contributed by atoms with E-state index in [1.165, 1.54) is 4.90 Å². The molecular formula is C19H30ClIN4O3. The van der Waals surface area contributed by atoms with Gasteiger partial charge in [0.05, 0.1) is 12.6 Å². The molecule has 7 nitrogen and oxygen atoms in total. The van der Waals surface area contributed by atoms with Crippen LogP contribution in [0.3, 0.4) is 0 Å². The Hall–Kier alpha value is -1.26. The highest BCUT2D eigenvalue weighted by Gasteiger charge is 2.16. The zero-order chi connectivity index (χ0) is 19.6. The molecule has 1 aromatic carbocycles. The fourth-order valence-corrected chi connectivity index (χ4v) is 2.63. The number of guanidine groups is 1. The Balaban J connectivity index is 0.00000392. The standard InChI is InChI=1S/C19H29ClN4O3.HI/c1-14(27-16-8-6-15(20)7-9-16)11-21-19(23-13-18(25)24(2)3)22-12-17-5-4-10-26-17;/h6-9,14,17H,4-5,10-13H2,1-3H3,(H2,21,22,23);1H. The van der Waals surface area contributed by atoms with Crippen molar-refractivity contribution < 1.29 is 14.3 Å². The first-order valence-electron chi connectivity index (χ1n) is 9.20. The van der Waals surface area contributed by atoms with Crippen molar-refractivity contribution in [1.29, 1.82) is 0 Å². The van der Waals surface area contributed by atoms with Gasteiger partial charge in [-0.2, -0.15) is 0 Å². The highest BCUT2D eigenvalue weighted by atomic mass is 127. The van der Waals surface area contributed by atoms with Gasteiger partial charge >= 0.3 is 0 Å². The third-order valence-corrected chi connectivity index (χ3v) is 4.35. The first kappa shape index (κ1) is 24.8. The zero-order valence-corrected chi connectivity index (χ0v) is 19.7. The Kier molecular flexibility index (Phi) is 11.6. The van der Waals surface area contributed by atoms with Crippen molar-refractivity contribution in [1.82, 2.24) is 15.5 Å². The number of nitrogens with one attached hydrogen (secondary N) is 2. The number of benzene rings is 1. The van der Waals surface area contributed by atoms with E-state index in [1.54, 1.807) is 26.2 Å². The maximum absolute atomic E-state index is 11.8. The minimum atomic E-state index is -0.0922. The first-order chi connectivity index (χ1) is 12.9. The van der Waals surface area contributed by atoms with E-state index in [2.05, 4.69) is 15.6 Å². The van der Waals surface area contributed by atoms with Gasteiger partial charge < -0.3 is 25.0 Å². The molecule has 2 unspecified atom stereocenters. The molecule has 28 heavy (non-hydrogen) atoms. The molecule has 2 atom stereocenters. The van der Waals surface area contributed by atoms with E-state index in [1.807, 2.05) is 19.1 Å². The van der Waals surface area contributed by atoms with Crippen LogP contribution in [0.1, 0.15) is 19.8 Å². The quantitative estimate of drug-likeness (QED) is 0.311. The smallest absolute Gasteiger partial charge is 0.243 e. The second-order valence-corrected chi connectivity index (χ2v) is 7.17. The third kappa shape index (κ3) is 9.29. The average molecular weight is 525 g/mol. The number of rotatable bonds is 8. The summed E-state index contributed by atoms with van der Waals surface area (Å²) in [5.74, 6) is 1.27. The fraction of sp³-hybridized carbons (Fsp3) is 0.579. The number of hydrogen-bond acceptors (Lipinski definition) is 4. The maximum Gasteiger partial charge on any atom is 0.243 e. The summed E-state index contributed by atoms with van der Waals surface area (Å²) in [4.78, 5) is 17.7. The third-order valence-electron chi connectivity index (χ3n) is 4.10. The van der Waals surface area contributed by atoms with E-state index in [4.69, 9.17) is 21.1 Å². The fourth-order valence-electron chi connectivity index (χ4n) is 2.51. The summed E-state index contributed by atoms with van der Waals surface area (Å²) in [5, 5.41) is 7.16. The summed E-state index contributed by atoms with van der Waals surface area (Å²) < 4.78 is 11.5. The number of likely N-dealkylation sites (N-methyl/N-ethyl adjacent to an activating group) is 1. The minimum absolute atomic E-state index is 0. The monoisotopic (exact) mass is 524 g/mol. The largest absolute Gasteiger partial charge is 0.489 e. The normalized spacial score (nSPS) is 17.4. The maximum atomic E-state index is 11.8. The van der Waals surface area contributed by atoms with Crippen LogP contribution in [0, 0.1) is 0 Å². The van der Waals surface area contributed by atoms with Gasteiger partial charge in [0.25, 0.3) is 0 Å². The molecule has 1 aliphatic rings. The molecule has 1 heterocycles. The summed E-state index contributed by atoms with van der Waals surface area (Å²) >= 11 is 5.89. The lowest BCUT2D eigenvalue weighted by Gasteiger charge is -2.19. The highest BCUT2D eigenvalue weighted by Crippen LogP contribution is 2.16. The molecule has 1 aromatic rings. The van der Waals surface area contributed by atoms with Gasteiger partial charge in [-0.15, -0.1) is 24.0 Å². The highest BCUT2D eigenvalue weighted by molar-refractivity contribution is 14.0. The van der Waals surface area contributed by atoms with E-state index in [-0.39, 0.29) is 48.6 Å². The van der Waals surface area contributed by atoms with Crippen molar-refractivity contribution in [2.75, 3.05) is 40.3 Å². The first-order valence-corrected chi connectivity index (χ1v) is 9.58. The molecule has 0 radical (unpaired) electrons. The lowest BCUT2D eigenvalue weighted by atomic mass is 10.2. The van der Waals surface area contributed by atoms with Gasteiger partial charge in [-0.05, 0) is 44.0 Å². The lowest BCUT2D eigenvalue weighted by Crippen LogP contribution is -2.44. The van der Waals surface area contributed by atoms with Crippen molar-refractivity contribution >= 4 is 47.4 Å². The van der Waals surface area contributed by atoms with Gasteiger partial charge in [0, 0.05) is 32.3 Å². The average Bonchev–Trinajstić information content (AvgIpc) is 3.16. The second-order valence-electron chi connectivity index (χ2n) is 6.73. The molecule has 1 amide bonds. The van der Waals surface area contributed by atoms with Crippen LogP contribution in [-0.4, -0.2) is 69.3 Å². The van der Waals surface area contributed by atoms with Crippen molar-refractivity contribution in [3.63, 3.8) is 0 Å². The van der Waals surface area contributed by atoms with Gasteiger partial charge in [-0.25, -0.2) is 4.99 Å². The van der Waals surface area contributed by atoms with Gasteiger partial charge in [0.15, 0.2) is 5.96 Å². The predicted octanol–water partition coefficient (Wildman–Crippen LogP) is 2.53. The molecule has 0 aliphatic carbocycles. The summed E-state index contributed by atoms with van der Waals surface area (Å²) in [6.07, 6.45) is 2.21. The Labute approximate surface area is 189 Å². The molecule has 1 aliphatic heterocycles. The van der Waals surface area contributed by atoms with Crippen molar-refractivity contribution in [2.24, 2.45) is 4.99 Å². The van der Waals surface area contributed by atoms with Crippen molar-refractivity contribution in [3.8, 4) is 5.75 Å². The Morgan fingerprint density at radius 1 is 1.36 bits per heavy atom. The van der Waals surface area contributed by atoms with Crippen molar-refractivity contribution in [2.45, 2.75) is 32.0 Å². The number of ether oxygens (including phenoxy) is 2. The molecule has 158 valence electrons. The SMILES string of the molecule is CC(CNC(=NCC(=O)N(C)C)NCC1CCCO1)Oc1ccc(Cl)cc1.I. The number of carbonyl (C=O) groups excluding carboxylic acids is 1. The molecule has 9 heteroatoms. The number of nitrogens with zero attached hydrogens (tertiary/aromatic N) is 2. The van der Waals surface area contributed by atoms with Crippen LogP contribution < -0.4 is 15.4 Å². The number of hydrogen-bond donors (Lipinski definition) is 2. The van der Waals surface area contributed by atoms with E-state index >= 15 is 0 Å². The van der Waals surface area contributed by atoms with Gasteiger partial charge in [-0.3, -0.25) is 4.79 Å². The van der Waals surface area contributed by atoms with Crippen LogP contribution in [0.15, 0.2) is 29.3 Å².